The SMILES string of the molecule is CC(N=C(Nc1ccccc1)NC(C)C(C)(C)C)C(C)(C)C. The van der Waals surface area contributed by atoms with E-state index >= 15 is 0 Å². The number of nitrogens with zero attached hydrogens (tertiary/aromatic N) is 1. The van der Waals surface area contributed by atoms with Gasteiger partial charge in [-0.3, -0.25) is 0 Å². The third-order valence-electron chi connectivity index (χ3n) is 4.26. The van der Waals surface area contributed by atoms with Crippen LogP contribution in [0.15, 0.2) is 35.3 Å². The second kappa shape index (κ2) is 7.17. The lowest BCUT2D eigenvalue weighted by Crippen LogP contribution is -2.45. The Labute approximate surface area is 136 Å². The average Bonchev–Trinajstić information content (AvgIpc) is 2.37. The van der Waals surface area contributed by atoms with Gasteiger partial charge in [0.15, 0.2) is 5.96 Å². The van der Waals surface area contributed by atoms with E-state index in [1.54, 1.807) is 0 Å². The van der Waals surface area contributed by atoms with Crippen molar-refractivity contribution in [1.82, 2.24) is 5.32 Å². The van der Waals surface area contributed by atoms with Crippen molar-refractivity contribution >= 4 is 11.6 Å². The molecule has 0 fully saturated rings. The zero-order valence-corrected chi connectivity index (χ0v) is 15.5. The number of nitrogens with one attached hydrogen (secondary N) is 2. The Kier molecular flexibility index (Phi) is 6.04. The van der Waals surface area contributed by atoms with E-state index < -0.39 is 0 Å². The Balaban J connectivity index is 2.97. The minimum atomic E-state index is 0.135. The minimum Gasteiger partial charge on any atom is -0.353 e. The summed E-state index contributed by atoms with van der Waals surface area (Å²) in [6.45, 7) is 17.7. The molecule has 1 aromatic carbocycles. The topological polar surface area (TPSA) is 36.4 Å². The maximum Gasteiger partial charge on any atom is 0.196 e. The van der Waals surface area contributed by atoms with Crippen molar-refractivity contribution in [2.45, 2.75) is 67.5 Å². The van der Waals surface area contributed by atoms with Crippen LogP contribution in [0.1, 0.15) is 55.4 Å². The lowest BCUT2D eigenvalue weighted by atomic mass is 9.88. The van der Waals surface area contributed by atoms with Crippen LogP contribution in [0.5, 0.6) is 0 Å². The van der Waals surface area contributed by atoms with E-state index in [-0.39, 0.29) is 16.9 Å². The van der Waals surface area contributed by atoms with Crippen molar-refractivity contribution in [3.63, 3.8) is 0 Å². The van der Waals surface area contributed by atoms with Crippen LogP contribution in [0.3, 0.4) is 0 Å². The minimum absolute atomic E-state index is 0.135. The second-order valence-electron chi connectivity index (χ2n) is 8.24. The summed E-state index contributed by atoms with van der Waals surface area (Å²) >= 11 is 0. The number of hydrogen-bond acceptors (Lipinski definition) is 1. The number of anilines is 1. The van der Waals surface area contributed by atoms with E-state index in [1.807, 2.05) is 18.2 Å². The summed E-state index contributed by atoms with van der Waals surface area (Å²) in [6.07, 6.45) is 0. The zero-order chi connectivity index (χ0) is 17.0. The molecule has 0 amide bonds. The summed E-state index contributed by atoms with van der Waals surface area (Å²) in [5.41, 5.74) is 1.36. The van der Waals surface area contributed by atoms with Crippen LogP contribution in [-0.2, 0) is 0 Å². The molecule has 2 N–H and O–H groups in total. The molecule has 1 rings (SSSR count). The zero-order valence-electron chi connectivity index (χ0n) is 15.5. The number of para-hydroxylation sites is 1. The lowest BCUT2D eigenvalue weighted by Gasteiger charge is -2.31. The molecule has 3 nitrogen and oxygen atoms in total. The Morgan fingerprint density at radius 3 is 1.91 bits per heavy atom. The van der Waals surface area contributed by atoms with Gasteiger partial charge in [-0.1, -0.05) is 59.7 Å². The van der Waals surface area contributed by atoms with Gasteiger partial charge in [0, 0.05) is 11.7 Å². The van der Waals surface area contributed by atoms with Gasteiger partial charge in [-0.2, -0.15) is 0 Å². The first-order valence-corrected chi connectivity index (χ1v) is 8.16. The van der Waals surface area contributed by atoms with E-state index in [1.165, 1.54) is 0 Å². The van der Waals surface area contributed by atoms with Crippen molar-refractivity contribution in [3.05, 3.63) is 30.3 Å². The van der Waals surface area contributed by atoms with Gasteiger partial charge >= 0.3 is 0 Å². The molecule has 22 heavy (non-hydrogen) atoms. The van der Waals surface area contributed by atoms with Gasteiger partial charge in [0.1, 0.15) is 0 Å². The van der Waals surface area contributed by atoms with Crippen LogP contribution in [0.4, 0.5) is 5.69 Å². The molecule has 0 spiro atoms. The maximum absolute atomic E-state index is 4.89. The predicted octanol–water partition coefficient (Wildman–Crippen LogP) is 4.91. The summed E-state index contributed by atoms with van der Waals surface area (Å²) in [6, 6.07) is 10.7. The highest BCUT2D eigenvalue weighted by Crippen LogP contribution is 2.23. The van der Waals surface area contributed by atoms with Crippen molar-refractivity contribution in [1.29, 1.82) is 0 Å². The fraction of sp³-hybridized carbons (Fsp3) is 0.632. The first-order valence-electron chi connectivity index (χ1n) is 8.16. The van der Waals surface area contributed by atoms with E-state index in [0.29, 0.717) is 6.04 Å². The fourth-order valence-electron chi connectivity index (χ4n) is 1.57. The van der Waals surface area contributed by atoms with Crippen molar-refractivity contribution < 1.29 is 0 Å². The summed E-state index contributed by atoms with van der Waals surface area (Å²) in [5, 5.41) is 6.97. The molecular formula is C19H33N3. The van der Waals surface area contributed by atoms with Crippen molar-refractivity contribution in [3.8, 4) is 0 Å². The first kappa shape index (κ1) is 18.5. The van der Waals surface area contributed by atoms with Crippen molar-refractivity contribution in [2.75, 3.05) is 5.32 Å². The van der Waals surface area contributed by atoms with Gasteiger partial charge in [0.2, 0.25) is 0 Å². The van der Waals surface area contributed by atoms with E-state index in [2.05, 4.69) is 78.2 Å². The van der Waals surface area contributed by atoms with Crippen LogP contribution >= 0.6 is 0 Å². The molecule has 0 saturated carbocycles. The molecule has 0 aliphatic heterocycles. The Hall–Kier alpha value is -1.51. The maximum atomic E-state index is 4.89. The van der Waals surface area contributed by atoms with E-state index in [4.69, 9.17) is 4.99 Å². The Bertz CT molecular complexity index is 478. The molecule has 0 radical (unpaired) electrons. The molecule has 1 aromatic rings. The van der Waals surface area contributed by atoms with Gasteiger partial charge < -0.3 is 10.6 Å². The molecule has 0 heterocycles. The number of guanidine groups is 1. The standard InChI is InChI=1S/C19H33N3/c1-14(18(3,4)5)20-17(21-15(2)19(6,7)8)22-16-12-10-9-11-13-16/h9-15H,1-8H3,(H2,20,21,22). The molecule has 2 unspecified atom stereocenters. The van der Waals surface area contributed by atoms with E-state index in [9.17, 15) is 0 Å². The smallest absolute Gasteiger partial charge is 0.196 e. The highest BCUT2D eigenvalue weighted by molar-refractivity contribution is 5.94. The Morgan fingerprint density at radius 2 is 1.45 bits per heavy atom. The Morgan fingerprint density at radius 1 is 0.909 bits per heavy atom. The number of aliphatic imine (C=N–C) groups is 1. The summed E-state index contributed by atoms with van der Waals surface area (Å²) in [4.78, 5) is 4.89. The van der Waals surface area contributed by atoms with Gasteiger partial charge in [0.25, 0.3) is 0 Å². The fourth-order valence-corrected chi connectivity index (χ4v) is 1.57. The molecule has 2 atom stereocenters. The monoisotopic (exact) mass is 303 g/mol. The molecule has 0 bridgehead atoms. The van der Waals surface area contributed by atoms with Crippen LogP contribution in [0.25, 0.3) is 0 Å². The third kappa shape index (κ3) is 6.08. The summed E-state index contributed by atoms with van der Waals surface area (Å²) in [7, 11) is 0. The van der Waals surface area contributed by atoms with Crippen LogP contribution in [0, 0.1) is 10.8 Å². The first-order chi connectivity index (χ1) is 10.00. The molecule has 0 saturated heterocycles. The van der Waals surface area contributed by atoms with Crippen LogP contribution in [0.2, 0.25) is 0 Å². The molecule has 124 valence electrons. The van der Waals surface area contributed by atoms with Gasteiger partial charge in [0.05, 0.1) is 6.04 Å². The summed E-state index contributed by atoms with van der Waals surface area (Å²) in [5.74, 6) is 0.844. The van der Waals surface area contributed by atoms with Crippen molar-refractivity contribution in [2.24, 2.45) is 15.8 Å². The average molecular weight is 303 g/mol. The third-order valence-corrected chi connectivity index (χ3v) is 4.26. The number of benzene rings is 1. The van der Waals surface area contributed by atoms with E-state index in [0.717, 1.165) is 11.6 Å². The van der Waals surface area contributed by atoms with Gasteiger partial charge in [-0.05, 0) is 36.8 Å². The largest absolute Gasteiger partial charge is 0.353 e. The van der Waals surface area contributed by atoms with Gasteiger partial charge in [-0.25, -0.2) is 4.99 Å². The van der Waals surface area contributed by atoms with Crippen LogP contribution in [-0.4, -0.2) is 18.0 Å². The quantitative estimate of drug-likeness (QED) is 0.614. The molecule has 0 aliphatic carbocycles. The molecule has 0 aromatic heterocycles. The number of hydrogen-bond donors (Lipinski definition) is 2. The second-order valence-corrected chi connectivity index (χ2v) is 8.24. The van der Waals surface area contributed by atoms with Gasteiger partial charge in [-0.15, -0.1) is 0 Å². The molecule has 0 aliphatic rings. The predicted molar refractivity (Wildman–Crippen MR) is 98.5 cm³/mol. The molecule has 3 heteroatoms. The highest BCUT2D eigenvalue weighted by Gasteiger charge is 2.23. The molecular weight excluding hydrogens is 270 g/mol. The van der Waals surface area contributed by atoms with Crippen LogP contribution < -0.4 is 10.6 Å². The highest BCUT2D eigenvalue weighted by atomic mass is 15.2. The normalized spacial score (nSPS) is 16.1. The number of rotatable bonds is 3. The lowest BCUT2D eigenvalue weighted by molar-refractivity contribution is 0.312. The summed E-state index contributed by atoms with van der Waals surface area (Å²) < 4.78 is 0.